The van der Waals surface area contributed by atoms with Crippen molar-refractivity contribution in [2.24, 2.45) is 0 Å². The molecule has 0 aliphatic carbocycles. The van der Waals surface area contributed by atoms with E-state index in [1.54, 1.807) is 6.07 Å². The standard InChI is InChI=1S/C16H11ClFNO5/c17-11-3-2-10(18)6-12(11)19-15(20)7-22-16(21)9-1-4-13-14(5-9)24-8-23-13/h1-6H,7-8H2,(H,19,20). The number of halogens is 2. The van der Waals surface area contributed by atoms with Crippen molar-refractivity contribution in [3.8, 4) is 11.5 Å². The van der Waals surface area contributed by atoms with E-state index in [9.17, 15) is 14.0 Å². The van der Waals surface area contributed by atoms with Crippen LogP contribution in [0.25, 0.3) is 0 Å². The van der Waals surface area contributed by atoms with Crippen molar-refractivity contribution >= 4 is 29.2 Å². The quantitative estimate of drug-likeness (QED) is 0.857. The van der Waals surface area contributed by atoms with Crippen molar-refractivity contribution in [2.75, 3.05) is 18.7 Å². The van der Waals surface area contributed by atoms with Crippen molar-refractivity contribution in [2.45, 2.75) is 0 Å². The van der Waals surface area contributed by atoms with Crippen molar-refractivity contribution < 1.29 is 28.2 Å². The van der Waals surface area contributed by atoms with E-state index in [2.05, 4.69) is 5.32 Å². The molecule has 1 aliphatic heterocycles. The maximum absolute atomic E-state index is 13.1. The van der Waals surface area contributed by atoms with Gasteiger partial charge in [0, 0.05) is 0 Å². The third kappa shape index (κ3) is 3.57. The molecule has 1 amide bonds. The fourth-order valence-corrected chi connectivity index (χ4v) is 2.18. The normalized spacial score (nSPS) is 11.9. The molecule has 0 radical (unpaired) electrons. The van der Waals surface area contributed by atoms with Crippen molar-refractivity contribution in [1.29, 1.82) is 0 Å². The van der Waals surface area contributed by atoms with Crippen LogP contribution in [0.3, 0.4) is 0 Å². The van der Waals surface area contributed by atoms with Gasteiger partial charge in [0.15, 0.2) is 18.1 Å². The molecule has 6 nitrogen and oxygen atoms in total. The van der Waals surface area contributed by atoms with Gasteiger partial charge in [-0.15, -0.1) is 0 Å². The van der Waals surface area contributed by atoms with Crippen molar-refractivity contribution in [3.63, 3.8) is 0 Å². The lowest BCUT2D eigenvalue weighted by atomic mass is 10.2. The van der Waals surface area contributed by atoms with E-state index < -0.39 is 24.3 Å². The molecule has 1 N–H and O–H groups in total. The van der Waals surface area contributed by atoms with Gasteiger partial charge < -0.3 is 19.5 Å². The Hall–Kier alpha value is -2.80. The Balaban J connectivity index is 1.58. The molecule has 0 saturated heterocycles. The Bertz CT molecular complexity index is 811. The van der Waals surface area contributed by atoms with Gasteiger partial charge in [-0.3, -0.25) is 4.79 Å². The van der Waals surface area contributed by atoms with Gasteiger partial charge in [0.2, 0.25) is 6.79 Å². The highest BCUT2D eigenvalue weighted by molar-refractivity contribution is 6.33. The minimum Gasteiger partial charge on any atom is -0.454 e. The molecule has 124 valence electrons. The zero-order valence-electron chi connectivity index (χ0n) is 12.2. The summed E-state index contributed by atoms with van der Waals surface area (Å²) in [5.41, 5.74) is 0.316. The van der Waals surface area contributed by atoms with E-state index in [0.717, 1.165) is 12.1 Å². The second-order valence-corrected chi connectivity index (χ2v) is 5.22. The topological polar surface area (TPSA) is 73.9 Å². The number of benzene rings is 2. The van der Waals surface area contributed by atoms with E-state index >= 15 is 0 Å². The van der Waals surface area contributed by atoms with Crippen LogP contribution >= 0.6 is 11.6 Å². The number of nitrogens with one attached hydrogen (secondary N) is 1. The third-order valence-corrected chi connectivity index (χ3v) is 3.47. The number of carbonyl (C=O) groups excluding carboxylic acids is 2. The second-order valence-electron chi connectivity index (χ2n) is 4.82. The number of amides is 1. The summed E-state index contributed by atoms with van der Waals surface area (Å²) in [4.78, 5) is 23.7. The zero-order chi connectivity index (χ0) is 17.1. The molecule has 0 fully saturated rings. The second kappa shape index (κ2) is 6.76. The monoisotopic (exact) mass is 351 g/mol. The average Bonchev–Trinajstić information content (AvgIpc) is 3.03. The van der Waals surface area contributed by atoms with Crippen molar-refractivity contribution in [3.05, 3.63) is 52.8 Å². The molecule has 3 rings (SSSR count). The molecule has 2 aromatic rings. The first-order chi connectivity index (χ1) is 11.5. The van der Waals surface area contributed by atoms with Crippen LogP contribution in [0.4, 0.5) is 10.1 Å². The van der Waals surface area contributed by atoms with E-state index in [-0.39, 0.29) is 23.1 Å². The molecule has 1 aliphatic rings. The molecular formula is C16H11ClFNO5. The summed E-state index contributed by atoms with van der Waals surface area (Å²) in [6.07, 6.45) is 0. The number of anilines is 1. The maximum Gasteiger partial charge on any atom is 0.338 e. The SMILES string of the molecule is O=C(COC(=O)c1ccc2c(c1)OCO2)Nc1cc(F)ccc1Cl. The zero-order valence-corrected chi connectivity index (χ0v) is 12.9. The Morgan fingerprint density at radius 1 is 1.17 bits per heavy atom. The summed E-state index contributed by atoms with van der Waals surface area (Å²) in [6, 6.07) is 8.08. The molecule has 24 heavy (non-hydrogen) atoms. The smallest absolute Gasteiger partial charge is 0.338 e. The predicted octanol–water partition coefficient (Wildman–Crippen LogP) is 3.00. The average molecular weight is 352 g/mol. The van der Waals surface area contributed by atoms with Gasteiger partial charge in [0.25, 0.3) is 5.91 Å². The first kappa shape index (κ1) is 16.1. The molecule has 1 heterocycles. The van der Waals surface area contributed by atoms with Gasteiger partial charge in [0.05, 0.1) is 16.3 Å². The fourth-order valence-electron chi connectivity index (χ4n) is 2.02. The summed E-state index contributed by atoms with van der Waals surface area (Å²) in [6.45, 7) is -0.454. The number of ether oxygens (including phenoxy) is 3. The molecule has 0 aromatic heterocycles. The highest BCUT2D eigenvalue weighted by Crippen LogP contribution is 2.32. The molecular weight excluding hydrogens is 341 g/mol. The minimum atomic E-state index is -0.700. The van der Waals surface area contributed by atoms with Gasteiger partial charge in [-0.05, 0) is 36.4 Å². The van der Waals surface area contributed by atoms with Crippen LogP contribution in [0.15, 0.2) is 36.4 Å². The first-order valence-electron chi connectivity index (χ1n) is 6.84. The van der Waals surface area contributed by atoms with Crippen LogP contribution in [0.2, 0.25) is 5.02 Å². The van der Waals surface area contributed by atoms with Gasteiger partial charge in [0.1, 0.15) is 5.82 Å². The van der Waals surface area contributed by atoms with E-state index in [4.69, 9.17) is 25.8 Å². The Morgan fingerprint density at radius 2 is 1.96 bits per heavy atom. The maximum atomic E-state index is 13.1. The summed E-state index contributed by atoms with van der Waals surface area (Å²) in [7, 11) is 0. The van der Waals surface area contributed by atoms with E-state index in [0.29, 0.717) is 11.5 Å². The van der Waals surface area contributed by atoms with Gasteiger partial charge in [-0.1, -0.05) is 11.6 Å². The van der Waals surface area contributed by atoms with Crippen LogP contribution in [0, 0.1) is 5.82 Å². The number of hydrogen-bond donors (Lipinski definition) is 1. The lowest BCUT2D eigenvalue weighted by molar-refractivity contribution is -0.119. The highest BCUT2D eigenvalue weighted by atomic mass is 35.5. The Labute approximate surface area is 141 Å². The first-order valence-corrected chi connectivity index (χ1v) is 7.22. The number of rotatable bonds is 4. The van der Waals surface area contributed by atoms with Gasteiger partial charge in [-0.2, -0.15) is 0 Å². The van der Waals surface area contributed by atoms with Gasteiger partial charge >= 0.3 is 5.97 Å². The molecule has 2 aromatic carbocycles. The largest absolute Gasteiger partial charge is 0.454 e. The highest BCUT2D eigenvalue weighted by Gasteiger charge is 2.18. The molecule has 8 heteroatoms. The Kier molecular flexibility index (Phi) is 4.52. The molecule has 0 spiro atoms. The predicted molar refractivity (Wildman–Crippen MR) is 82.9 cm³/mol. The summed E-state index contributed by atoms with van der Waals surface area (Å²) in [5.74, 6) is -0.928. The number of esters is 1. The number of carbonyl (C=O) groups is 2. The molecule has 0 saturated carbocycles. The Morgan fingerprint density at radius 3 is 2.79 bits per heavy atom. The van der Waals surface area contributed by atoms with Crippen LogP contribution in [0.1, 0.15) is 10.4 Å². The summed E-state index contributed by atoms with van der Waals surface area (Å²) in [5, 5.41) is 2.54. The number of fused-ring (bicyclic) bond motifs is 1. The van der Waals surface area contributed by atoms with Crippen LogP contribution in [0.5, 0.6) is 11.5 Å². The fraction of sp³-hybridized carbons (Fsp3) is 0.125. The lowest BCUT2D eigenvalue weighted by Gasteiger charge is -2.08. The molecule has 0 unspecified atom stereocenters. The number of hydrogen-bond acceptors (Lipinski definition) is 5. The van der Waals surface area contributed by atoms with Gasteiger partial charge in [-0.25, -0.2) is 9.18 Å². The summed E-state index contributed by atoms with van der Waals surface area (Å²) >= 11 is 5.84. The lowest BCUT2D eigenvalue weighted by Crippen LogP contribution is -2.21. The van der Waals surface area contributed by atoms with Crippen LogP contribution in [-0.4, -0.2) is 25.3 Å². The summed E-state index contributed by atoms with van der Waals surface area (Å²) < 4.78 is 28.3. The third-order valence-electron chi connectivity index (χ3n) is 3.15. The minimum absolute atomic E-state index is 0.0879. The van der Waals surface area contributed by atoms with Crippen LogP contribution in [-0.2, 0) is 9.53 Å². The molecule has 0 bridgehead atoms. The van der Waals surface area contributed by atoms with E-state index in [1.807, 2.05) is 0 Å². The van der Waals surface area contributed by atoms with Crippen molar-refractivity contribution in [1.82, 2.24) is 0 Å². The van der Waals surface area contributed by atoms with Crippen LogP contribution < -0.4 is 14.8 Å². The molecule has 0 atom stereocenters. The van der Waals surface area contributed by atoms with E-state index in [1.165, 1.54) is 18.2 Å².